The van der Waals surface area contributed by atoms with Crippen molar-refractivity contribution in [3.05, 3.63) is 29.8 Å². The molecular weight excluding hydrogens is 216 g/mol. The van der Waals surface area contributed by atoms with E-state index >= 15 is 0 Å². The number of hydrogen-bond acceptors (Lipinski definition) is 2. The average Bonchev–Trinajstić information content (AvgIpc) is 2.32. The first-order chi connectivity index (χ1) is 8.16. The maximum absolute atomic E-state index is 12.0. The summed E-state index contributed by atoms with van der Waals surface area (Å²) in [5, 5.41) is 12.4. The van der Waals surface area contributed by atoms with Crippen molar-refractivity contribution in [2.45, 2.75) is 25.9 Å². The van der Waals surface area contributed by atoms with Crippen LogP contribution in [0.25, 0.3) is 0 Å². The summed E-state index contributed by atoms with van der Waals surface area (Å²) in [7, 11) is 0. The molecule has 0 saturated carbocycles. The van der Waals surface area contributed by atoms with Crippen LogP contribution >= 0.6 is 0 Å². The molecule has 92 valence electrons. The fourth-order valence-electron chi connectivity index (χ4n) is 2.05. The number of aliphatic hydroxyl groups excluding tert-OH is 1. The van der Waals surface area contributed by atoms with E-state index in [1.165, 1.54) is 0 Å². The number of rotatable bonds is 1. The average molecular weight is 234 g/mol. The number of carbonyl (C=O) groups excluding carboxylic acids is 1. The molecule has 0 aliphatic carbocycles. The number of amides is 2. The number of β-amino-alcohol motifs (C(OH)–C–C–N with tert-alkyl or cyclic N) is 1. The maximum Gasteiger partial charge on any atom is 0.321 e. The number of aryl methyl sites for hydroxylation is 1. The normalized spacial score (nSPS) is 20.1. The summed E-state index contributed by atoms with van der Waals surface area (Å²) in [5.74, 6) is 0. The van der Waals surface area contributed by atoms with Gasteiger partial charge in [0.15, 0.2) is 0 Å². The second-order valence-corrected chi connectivity index (χ2v) is 4.49. The third kappa shape index (κ3) is 2.97. The van der Waals surface area contributed by atoms with E-state index in [9.17, 15) is 9.90 Å². The van der Waals surface area contributed by atoms with Gasteiger partial charge in [-0.25, -0.2) is 4.79 Å². The Morgan fingerprint density at radius 3 is 2.94 bits per heavy atom. The quantitative estimate of drug-likeness (QED) is 0.780. The van der Waals surface area contributed by atoms with Crippen molar-refractivity contribution >= 4 is 11.7 Å². The van der Waals surface area contributed by atoms with Crippen LogP contribution in [0.15, 0.2) is 24.3 Å². The van der Waals surface area contributed by atoms with E-state index in [-0.39, 0.29) is 12.1 Å². The maximum atomic E-state index is 12.0. The van der Waals surface area contributed by atoms with Crippen LogP contribution in [0.5, 0.6) is 0 Å². The zero-order valence-electron chi connectivity index (χ0n) is 10.0. The van der Waals surface area contributed by atoms with Gasteiger partial charge in [-0.1, -0.05) is 18.2 Å². The van der Waals surface area contributed by atoms with Crippen LogP contribution in [0.4, 0.5) is 10.5 Å². The number of urea groups is 1. The zero-order chi connectivity index (χ0) is 12.3. The molecule has 17 heavy (non-hydrogen) atoms. The molecule has 0 radical (unpaired) electrons. The van der Waals surface area contributed by atoms with Crippen molar-refractivity contribution in [3.63, 3.8) is 0 Å². The van der Waals surface area contributed by atoms with Gasteiger partial charge in [-0.05, 0) is 31.4 Å². The first kappa shape index (κ1) is 11.9. The lowest BCUT2D eigenvalue weighted by atomic mass is 10.1. The molecule has 1 aromatic rings. The van der Waals surface area contributed by atoms with Gasteiger partial charge in [-0.15, -0.1) is 0 Å². The zero-order valence-corrected chi connectivity index (χ0v) is 10.0. The number of benzene rings is 1. The van der Waals surface area contributed by atoms with Gasteiger partial charge in [0.25, 0.3) is 0 Å². The van der Waals surface area contributed by atoms with Gasteiger partial charge in [-0.2, -0.15) is 0 Å². The highest BCUT2D eigenvalue weighted by molar-refractivity contribution is 5.90. The van der Waals surface area contributed by atoms with Crippen LogP contribution in [0.2, 0.25) is 0 Å². The number of para-hydroxylation sites is 1. The van der Waals surface area contributed by atoms with Crippen molar-refractivity contribution < 1.29 is 9.90 Å². The van der Waals surface area contributed by atoms with Gasteiger partial charge in [-0.3, -0.25) is 0 Å². The van der Waals surface area contributed by atoms with E-state index in [2.05, 4.69) is 5.32 Å². The van der Waals surface area contributed by atoms with Crippen molar-refractivity contribution in [2.24, 2.45) is 0 Å². The lowest BCUT2D eigenvalue weighted by Gasteiger charge is -2.30. The fraction of sp³-hybridized carbons (Fsp3) is 0.462. The summed E-state index contributed by atoms with van der Waals surface area (Å²) in [5.41, 5.74) is 1.87. The molecule has 1 unspecified atom stereocenters. The van der Waals surface area contributed by atoms with Gasteiger partial charge in [0.05, 0.1) is 6.10 Å². The molecule has 1 aromatic carbocycles. The molecule has 1 heterocycles. The smallest absolute Gasteiger partial charge is 0.321 e. The third-order valence-electron chi connectivity index (χ3n) is 3.07. The Hall–Kier alpha value is -1.55. The summed E-state index contributed by atoms with van der Waals surface area (Å²) >= 11 is 0. The third-order valence-corrected chi connectivity index (χ3v) is 3.07. The molecule has 4 heteroatoms. The van der Waals surface area contributed by atoms with Crippen LogP contribution in [0, 0.1) is 6.92 Å². The predicted molar refractivity (Wildman–Crippen MR) is 67.0 cm³/mol. The van der Waals surface area contributed by atoms with Crippen molar-refractivity contribution in [3.8, 4) is 0 Å². The molecule has 2 amide bonds. The molecule has 2 N–H and O–H groups in total. The molecule has 1 atom stereocenters. The van der Waals surface area contributed by atoms with Crippen LogP contribution in [-0.2, 0) is 0 Å². The summed E-state index contributed by atoms with van der Waals surface area (Å²) in [6.45, 7) is 3.10. The Morgan fingerprint density at radius 1 is 1.47 bits per heavy atom. The van der Waals surface area contributed by atoms with E-state index in [1.807, 2.05) is 31.2 Å². The Bertz CT molecular complexity index is 406. The number of carbonyl (C=O) groups is 1. The SMILES string of the molecule is Cc1ccccc1NC(=O)N1CCCC(O)C1. The summed E-state index contributed by atoms with van der Waals surface area (Å²) in [6.07, 6.45) is 1.27. The molecule has 0 bridgehead atoms. The first-order valence-corrected chi connectivity index (χ1v) is 5.96. The molecule has 1 aliphatic heterocycles. The minimum absolute atomic E-state index is 0.127. The number of nitrogens with one attached hydrogen (secondary N) is 1. The number of piperidine rings is 1. The highest BCUT2D eigenvalue weighted by Gasteiger charge is 2.22. The Kier molecular flexibility index (Phi) is 3.64. The van der Waals surface area contributed by atoms with Gasteiger partial charge in [0.1, 0.15) is 0 Å². The van der Waals surface area contributed by atoms with Gasteiger partial charge in [0, 0.05) is 18.8 Å². The molecule has 4 nitrogen and oxygen atoms in total. The topological polar surface area (TPSA) is 52.6 Å². The van der Waals surface area contributed by atoms with Crippen LogP contribution < -0.4 is 5.32 Å². The number of aliphatic hydroxyl groups is 1. The molecule has 1 aliphatic rings. The number of anilines is 1. The first-order valence-electron chi connectivity index (χ1n) is 5.96. The minimum atomic E-state index is -0.383. The number of nitrogens with zero attached hydrogens (tertiary/aromatic N) is 1. The summed E-state index contributed by atoms with van der Waals surface area (Å²) in [4.78, 5) is 13.6. The number of likely N-dealkylation sites (tertiary alicyclic amines) is 1. The van der Waals surface area contributed by atoms with Crippen molar-refractivity contribution in [2.75, 3.05) is 18.4 Å². The second-order valence-electron chi connectivity index (χ2n) is 4.49. The Labute approximate surface area is 101 Å². The predicted octanol–water partition coefficient (Wildman–Crippen LogP) is 1.98. The van der Waals surface area contributed by atoms with Crippen molar-refractivity contribution in [1.82, 2.24) is 4.90 Å². The van der Waals surface area contributed by atoms with Gasteiger partial charge >= 0.3 is 6.03 Å². The summed E-state index contributed by atoms with van der Waals surface area (Å²) in [6, 6.07) is 7.55. The standard InChI is InChI=1S/C13H18N2O2/c1-10-5-2-3-7-12(10)14-13(17)15-8-4-6-11(16)9-15/h2-3,5,7,11,16H,4,6,8-9H2,1H3,(H,14,17). The van der Waals surface area contributed by atoms with Crippen LogP contribution in [-0.4, -0.2) is 35.2 Å². The number of hydrogen-bond donors (Lipinski definition) is 2. The lowest BCUT2D eigenvalue weighted by molar-refractivity contribution is 0.0883. The molecule has 1 fully saturated rings. The molecule has 1 saturated heterocycles. The Morgan fingerprint density at radius 2 is 2.24 bits per heavy atom. The van der Waals surface area contributed by atoms with Gasteiger partial charge in [0.2, 0.25) is 0 Å². The molecule has 0 aromatic heterocycles. The highest BCUT2D eigenvalue weighted by atomic mass is 16.3. The summed E-state index contributed by atoms with van der Waals surface area (Å²) < 4.78 is 0. The lowest BCUT2D eigenvalue weighted by Crippen LogP contribution is -2.44. The monoisotopic (exact) mass is 234 g/mol. The van der Waals surface area contributed by atoms with Crippen molar-refractivity contribution in [1.29, 1.82) is 0 Å². The van der Waals surface area contributed by atoms with Crippen LogP contribution in [0.3, 0.4) is 0 Å². The van der Waals surface area contributed by atoms with E-state index in [4.69, 9.17) is 0 Å². The largest absolute Gasteiger partial charge is 0.391 e. The van der Waals surface area contributed by atoms with Crippen LogP contribution in [0.1, 0.15) is 18.4 Å². The molecule has 0 spiro atoms. The van der Waals surface area contributed by atoms with E-state index in [0.717, 1.165) is 30.6 Å². The Balaban J connectivity index is 1.99. The second kappa shape index (κ2) is 5.19. The van der Waals surface area contributed by atoms with Gasteiger partial charge < -0.3 is 15.3 Å². The highest BCUT2D eigenvalue weighted by Crippen LogP contribution is 2.16. The van der Waals surface area contributed by atoms with E-state index in [1.54, 1.807) is 4.90 Å². The fourth-order valence-corrected chi connectivity index (χ4v) is 2.05. The van der Waals surface area contributed by atoms with E-state index < -0.39 is 0 Å². The molecular formula is C13H18N2O2. The van der Waals surface area contributed by atoms with E-state index in [0.29, 0.717) is 6.54 Å². The molecule has 2 rings (SSSR count). The minimum Gasteiger partial charge on any atom is -0.391 e.